The monoisotopic (exact) mass is 415 g/mol. The van der Waals surface area contributed by atoms with Gasteiger partial charge in [0.15, 0.2) is 0 Å². The fourth-order valence-electron chi connectivity index (χ4n) is 3.35. The molecule has 1 unspecified atom stereocenters. The van der Waals surface area contributed by atoms with E-state index in [-0.39, 0.29) is 0 Å². The molecule has 4 nitrogen and oxygen atoms in total. The standard InChI is InChI=1S/C22H44O2.C3H9NO/c1-2-3-4-5-6-7-8-9-10-11-12-13-14-15-16-17-18-19-20-21-22(23)24;1-2-3(4)5/h2-21H2,1H3,(H,23,24);3,5H,2,4H2,1H3. The largest absolute Gasteiger partial charge is 0.481 e. The van der Waals surface area contributed by atoms with Gasteiger partial charge in [-0.05, 0) is 12.8 Å². The lowest BCUT2D eigenvalue weighted by molar-refractivity contribution is -0.137. The van der Waals surface area contributed by atoms with E-state index in [1.54, 1.807) is 0 Å². The van der Waals surface area contributed by atoms with Gasteiger partial charge in [0.1, 0.15) is 6.23 Å². The van der Waals surface area contributed by atoms with Crippen LogP contribution in [-0.4, -0.2) is 22.4 Å². The van der Waals surface area contributed by atoms with Gasteiger partial charge in [-0.15, -0.1) is 0 Å². The predicted molar refractivity (Wildman–Crippen MR) is 126 cm³/mol. The van der Waals surface area contributed by atoms with E-state index in [9.17, 15) is 4.79 Å². The molecule has 0 saturated heterocycles. The number of nitrogens with two attached hydrogens (primary N) is 1. The summed E-state index contributed by atoms with van der Waals surface area (Å²) in [5.41, 5.74) is 4.85. The minimum absolute atomic E-state index is 0.346. The van der Waals surface area contributed by atoms with Crippen LogP contribution in [-0.2, 0) is 4.79 Å². The molecule has 29 heavy (non-hydrogen) atoms. The topological polar surface area (TPSA) is 83.5 Å². The third-order valence-corrected chi connectivity index (χ3v) is 5.41. The summed E-state index contributed by atoms with van der Waals surface area (Å²) in [5, 5.41) is 16.7. The van der Waals surface area contributed by atoms with Crippen LogP contribution in [0.5, 0.6) is 0 Å². The fraction of sp³-hybridized carbons (Fsp3) is 0.960. The first-order valence-electron chi connectivity index (χ1n) is 12.7. The second-order valence-corrected chi connectivity index (χ2v) is 8.48. The number of carbonyl (C=O) groups is 1. The van der Waals surface area contributed by atoms with Crippen LogP contribution >= 0.6 is 0 Å². The summed E-state index contributed by atoms with van der Waals surface area (Å²) in [6.07, 6.45) is 26.1. The Balaban J connectivity index is 0. The molecule has 4 heteroatoms. The summed E-state index contributed by atoms with van der Waals surface area (Å²) in [6, 6.07) is 0. The predicted octanol–water partition coefficient (Wildman–Crippen LogP) is 7.57. The van der Waals surface area contributed by atoms with E-state index in [2.05, 4.69) is 6.92 Å². The van der Waals surface area contributed by atoms with Gasteiger partial charge in [0.05, 0.1) is 0 Å². The molecule has 0 radical (unpaired) electrons. The van der Waals surface area contributed by atoms with Crippen molar-refractivity contribution in [3.63, 3.8) is 0 Å². The summed E-state index contributed by atoms with van der Waals surface area (Å²) in [5.74, 6) is -0.651. The Labute approximate surface area is 182 Å². The van der Waals surface area contributed by atoms with Crippen molar-refractivity contribution >= 4 is 5.97 Å². The third kappa shape index (κ3) is 35.2. The molecule has 0 fully saturated rings. The molecule has 0 spiro atoms. The summed E-state index contributed by atoms with van der Waals surface area (Å²) >= 11 is 0. The Kier molecular flexibility index (Phi) is 28.9. The molecular formula is C25H53NO3. The number of unbranched alkanes of at least 4 members (excludes halogenated alkanes) is 18. The molecule has 0 aromatic carbocycles. The van der Waals surface area contributed by atoms with Gasteiger partial charge in [0, 0.05) is 6.42 Å². The Hall–Kier alpha value is -0.610. The number of carboxylic acids is 1. The van der Waals surface area contributed by atoms with Crippen molar-refractivity contribution in [2.45, 2.75) is 155 Å². The smallest absolute Gasteiger partial charge is 0.303 e. The average molecular weight is 416 g/mol. The zero-order chi connectivity index (χ0) is 22.0. The quantitative estimate of drug-likeness (QED) is 0.133. The molecule has 0 aromatic rings. The number of aliphatic carboxylic acids is 1. The lowest BCUT2D eigenvalue weighted by atomic mass is 10.0. The average Bonchev–Trinajstić information content (AvgIpc) is 2.70. The first-order chi connectivity index (χ1) is 14.0. The summed E-state index contributed by atoms with van der Waals surface area (Å²) in [7, 11) is 0. The summed E-state index contributed by atoms with van der Waals surface area (Å²) in [6.45, 7) is 4.11. The highest BCUT2D eigenvalue weighted by molar-refractivity contribution is 5.66. The molecule has 4 N–H and O–H groups in total. The van der Waals surface area contributed by atoms with Gasteiger partial charge >= 0.3 is 5.97 Å². The molecule has 0 saturated carbocycles. The van der Waals surface area contributed by atoms with Crippen molar-refractivity contribution in [3.8, 4) is 0 Å². The first-order valence-corrected chi connectivity index (χ1v) is 12.7. The van der Waals surface area contributed by atoms with Crippen LogP contribution in [0.15, 0.2) is 0 Å². The second-order valence-electron chi connectivity index (χ2n) is 8.48. The minimum Gasteiger partial charge on any atom is -0.481 e. The van der Waals surface area contributed by atoms with E-state index in [4.69, 9.17) is 15.9 Å². The van der Waals surface area contributed by atoms with Gasteiger partial charge < -0.3 is 15.9 Å². The van der Waals surface area contributed by atoms with E-state index in [0.29, 0.717) is 12.8 Å². The number of carboxylic acid groups (broad SMARTS) is 1. The molecular weight excluding hydrogens is 362 g/mol. The van der Waals surface area contributed by atoms with Gasteiger partial charge in [-0.2, -0.15) is 0 Å². The molecule has 0 aliphatic heterocycles. The van der Waals surface area contributed by atoms with Crippen LogP contribution in [0, 0.1) is 0 Å². The Morgan fingerprint density at radius 2 is 0.862 bits per heavy atom. The van der Waals surface area contributed by atoms with Crippen LogP contribution in [0.25, 0.3) is 0 Å². The lowest BCUT2D eigenvalue weighted by Crippen LogP contribution is -2.16. The number of rotatable bonds is 21. The maximum absolute atomic E-state index is 10.4. The van der Waals surface area contributed by atoms with Crippen LogP contribution in [0.4, 0.5) is 0 Å². The minimum atomic E-state index is -0.651. The zero-order valence-electron chi connectivity index (χ0n) is 19.8. The van der Waals surface area contributed by atoms with E-state index in [1.165, 1.54) is 109 Å². The maximum Gasteiger partial charge on any atom is 0.303 e. The summed E-state index contributed by atoms with van der Waals surface area (Å²) < 4.78 is 0. The molecule has 0 aromatic heterocycles. The number of aliphatic hydroxyl groups is 1. The Morgan fingerprint density at radius 3 is 1.07 bits per heavy atom. The highest BCUT2D eigenvalue weighted by Gasteiger charge is 1.97. The van der Waals surface area contributed by atoms with Crippen LogP contribution in [0.1, 0.15) is 149 Å². The van der Waals surface area contributed by atoms with Crippen LogP contribution < -0.4 is 5.73 Å². The van der Waals surface area contributed by atoms with Crippen molar-refractivity contribution in [3.05, 3.63) is 0 Å². The van der Waals surface area contributed by atoms with Crippen molar-refractivity contribution in [1.82, 2.24) is 0 Å². The van der Waals surface area contributed by atoms with E-state index in [1.807, 2.05) is 6.92 Å². The number of aliphatic hydroxyl groups excluding tert-OH is 1. The van der Waals surface area contributed by atoms with Crippen molar-refractivity contribution < 1.29 is 15.0 Å². The molecule has 176 valence electrons. The van der Waals surface area contributed by atoms with Crippen molar-refractivity contribution in [1.29, 1.82) is 0 Å². The van der Waals surface area contributed by atoms with Gasteiger partial charge in [-0.3, -0.25) is 4.79 Å². The molecule has 0 amide bonds. The van der Waals surface area contributed by atoms with E-state index in [0.717, 1.165) is 12.8 Å². The molecule has 0 aliphatic rings. The van der Waals surface area contributed by atoms with Crippen LogP contribution in [0.3, 0.4) is 0 Å². The molecule has 0 rings (SSSR count). The molecule has 1 atom stereocenters. The number of hydrogen-bond donors (Lipinski definition) is 3. The molecule has 0 heterocycles. The normalized spacial score (nSPS) is 11.7. The Bertz CT molecular complexity index is 308. The first kappa shape index (κ1) is 30.6. The lowest BCUT2D eigenvalue weighted by Gasteiger charge is -2.03. The molecule has 0 bridgehead atoms. The summed E-state index contributed by atoms with van der Waals surface area (Å²) in [4.78, 5) is 10.4. The van der Waals surface area contributed by atoms with Gasteiger partial charge in [0.2, 0.25) is 0 Å². The zero-order valence-corrected chi connectivity index (χ0v) is 19.8. The maximum atomic E-state index is 10.4. The van der Waals surface area contributed by atoms with Crippen molar-refractivity contribution in [2.75, 3.05) is 0 Å². The third-order valence-electron chi connectivity index (χ3n) is 5.41. The fourth-order valence-corrected chi connectivity index (χ4v) is 3.35. The van der Waals surface area contributed by atoms with Gasteiger partial charge in [-0.25, -0.2) is 0 Å². The highest BCUT2D eigenvalue weighted by atomic mass is 16.4. The number of hydrogen-bond acceptors (Lipinski definition) is 3. The van der Waals surface area contributed by atoms with Gasteiger partial charge in [-0.1, -0.05) is 129 Å². The Morgan fingerprint density at radius 1 is 0.621 bits per heavy atom. The van der Waals surface area contributed by atoms with E-state index >= 15 is 0 Å². The van der Waals surface area contributed by atoms with E-state index < -0.39 is 12.2 Å². The SMILES string of the molecule is CCC(N)O.CCCCCCCCCCCCCCCCCCCCCC(=O)O. The second kappa shape index (κ2) is 27.4. The van der Waals surface area contributed by atoms with Gasteiger partial charge in [0.25, 0.3) is 0 Å². The van der Waals surface area contributed by atoms with Crippen LogP contribution in [0.2, 0.25) is 0 Å². The van der Waals surface area contributed by atoms with Crippen molar-refractivity contribution in [2.24, 2.45) is 5.73 Å². The highest BCUT2D eigenvalue weighted by Crippen LogP contribution is 2.14. The molecule has 0 aliphatic carbocycles.